The molecular formula is C5H14BNO3. The summed E-state index contributed by atoms with van der Waals surface area (Å²) in [7, 11) is -1.63. The van der Waals surface area contributed by atoms with E-state index in [1.807, 2.05) is 0 Å². The van der Waals surface area contributed by atoms with Crippen molar-refractivity contribution in [2.45, 2.75) is 19.3 Å². The summed E-state index contributed by atoms with van der Waals surface area (Å²) in [5, 5.41) is 16.4. The molecule has 0 amide bonds. The molecule has 0 unspecified atom stereocenters. The largest absolute Gasteiger partial charge is 0.633 e. The van der Waals surface area contributed by atoms with E-state index in [9.17, 15) is 0 Å². The van der Waals surface area contributed by atoms with Gasteiger partial charge in [0.25, 0.3) is 0 Å². The van der Waals surface area contributed by atoms with Crippen LogP contribution < -0.4 is 5.73 Å². The molecule has 4 N–H and O–H groups in total. The molecule has 5 heteroatoms. The van der Waals surface area contributed by atoms with Gasteiger partial charge in [-0.05, 0) is 25.8 Å². The molecule has 0 aliphatic rings. The predicted octanol–water partition coefficient (Wildman–Crippen LogP) is -0.898. The molecule has 60 valence electrons. The van der Waals surface area contributed by atoms with Crippen LogP contribution in [0.5, 0.6) is 0 Å². The van der Waals surface area contributed by atoms with Crippen molar-refractivity contribution in [3.63, 3.8) is 0 Å². The molecule has 0 bridgehead atoms. The lowest BCUT2D eigenvalue weighted by Crippen LogP contribution is -2.17. The summed E-state index contributed by atoms with van der Waals surface area (Å²) in [6.45, 7) is 1.07. The van der Waals surface area contributed by atoms with Gasteiger partial charge in [-0.3, -0.25) is 0 Å². The zero-order valence-electron chi connectivity index (χ0n) is 5.99. The van der Waals surface area contributed by atoms with Gasteiger partial charge in [-0.15, -0.1) is 0 Å². The molecule has 10 heavy (non-hydrogen) atoms. The average Bonchev–Trinajstić information content (AvgIpc) is 1.87. The summed E-state index contributed by atoms with van der Waals surface area (Å²) >= 11 is 0. The molecule has 0 heterocycles. The second-order valence-electron chi connectivity index (χ2n) is 2.05. The highest BCUT2D eigenvalue weighted by molar-refractivity contribution is 6.32. The lowest BCUT2D eigenvalue weighted by molar-refractivity contribution is 0.182. The fraction of sp³-hybridized carbons (Fsp3) is 1.00. The molecular weight excluding hydrogens is 133 g/mol. The minimum atomic E-state index is -1.63. The van der Waals surface area contributed by atoms with Crippen LogP contribution in [-0.4, -0.2) is 30.5 Å². The van der Waals surface area contributed by atoms with Gasteiger partial charge in [0.15, 0.2) is 0 Å². The molecule has 0 rings (SSSR count). The maximum atomic E-state index is 8.22. The normalized spacial score (nSPS) is 9.90. The summed E-state index contributed by atoms with van der Waals surface area (Å²) in [4.78, 5) is 0. The van der Waals surface area contributed by atoms with Crippen LogP contribution in [0.4, 0.5) is 0 Å². The molecule has 0 saturated heterocycles. The fourth-order valence-electron chi connectivity index (χ4n) is 0.612. The molecule has 0 aliphatic heterocycles. The van der Waals surface area contributed by atoms with Gasteiger partial charge in [0, 0.05) is 6.61 Å². The van der Waals surface area contributed by atoms with Crippen LogP contribution in [0.15, 0.2) is 0 Å². The SMILES string of the molecule is NCCCCCOB(O)O. The Balaban J connectivity index is 2.77. The Kier molecular flexibility index (Phi) is 6.95. The Morgan fingerprint density at radius 1 is 1.20 bits per heavy atom. The van der Waals surface area contributed by atoms with Crippen molar-refractivity contribution in [2.24, 2.45) is 5.73 Å². The Morgan fingerprint density at radius 2 is 1.90 bits per heavy atom. The van der Waals surface area contributed by atoms with Gasteiger partial charge in [0.2, 0.25) is 0 Å². The maximum absolute atomic E-state index is 8.22. The van der Waals surface area contributed by atoms with E-state index in [0.29, 0.717) is 13.2 Å². The third kappa shape index (κ3) is 7.90. The molecule has 0 atom stereocenters. The molecule has 0 saturated carbocycles. The Morgan fingerprint density at radius 3 is 2.40 bits per heavy atom. The topological polar surface area (TPSA) is 75.7 Å². The van der Waals surface area contributed by atoms with Crippen LogP contribution in [0, 0.1) is 0 Å². The molecule has 0 spiro atoms. The van der Waals surface area contributed by atoms with Crippen molar-refractivity contribution in [3.05, 3.63) is 0 Å². The molecule has 4 nitrogen and oxygen atoms in total. The highest BCUT2D eigenvalue weighted by Gasteiger charge is 2.05. The fourth-order valence-corrected chi connectivity index (χ4v) is 0.612. The van der Waals surface area contributed by atoms with E-state index in [2.05, 4.69) is 4.65 Å². The Bertz CT molecular complexity index is 71.9. The number of rotatable bonds is 6. The number of hydrogen-bond donors (Lipinski definition) is 3. The first kappa shape index (κ1) is 9.90. The summed E-state index contributed by atoms with van der Waals surface area (Å²) < 4.78 is 4.46. The van der Waals surface area contributed by atoms with Crippen molar-refractivity contribution in [2.75, 3.05) is 13.2 Å². The van der Waals surface area contributed by atoms with Gasteiger partial charge < -0.3 is 20.4 Å². The molecule has 0 aliphatic carbocycles. The van der Waals surface area contributed by atoms with Gasteiger partial charge >= 0.3 is 7.32 Å². The number of hydrogen-bond acceptors (Lipinski definition) is 4. The first-order valence-corrected chi connectivity index (χ1v) is 3.45. The molecule has 0 aromatic carbocycles. The molecule has 0 radical (unpaired) electrons. The Labute approximate surface area is 61.2 Å². The van der Waals surface area contributed by atoms with E-state index in [1.165, 1.54) is 0 Å². The van der Waals surface area contributed by atoms with Crippen LogP contribution >= 0.6 is 0 Å². The van der Waals surface area contributed by atoms with Gasteiger partial charge in [0.05, 0.1) is 0 Å². The summed E-state index contributed by atoms with van der Waals surface area (Å²) in [6, 6.07) is 0. The van der Waals surface area contributed by atoms with Gasteiger partial charge in [-0.2, -0.15) is 0 Å². The average molecular weight is 147 g/mol. The van der Waals surface area contributed by atoms with Crippen LogP contribution in [-0.2, 0) is 4.65 Å². The van der Waals surface area contributed by atoms with E-state index in [4.69, 9.17) is 15.8 Å². The first-order valence-electron chi connectivity index (χ1n) is 3.45. The predicted molar refractivity (Wildman–Crippen MR) is 39.0 cm³/mol. The third-order valence-electron chi connectivity index (χ3n) is 1.12. The van der Waals surface area contributed by atoms with Crippen molar-refractivity contribution in [3.8, 4) is 0 Å². The quantitative estimate of drug-likeness (QED) is 0.336. The lowest BCUT2D eigenvalue weighted by Gasteiger charge is -2.00. The van der Waals surface area contributed by atoms with E-state index in [0.717, 1.165) is 19.3 Å². The lowest BCUT2D eigenvalue weighted by atomic mass is 10.2. The molecule has 0 aromatic heterocycles. The van der Waals surface area contributed by atoms with Crippen molar-refractivity contribution < 1.29 is 14.7 Å². The van der Waals surface area contributed by atoms with Crippen LogP contribution in [0.1, 0.15) is 19.3 Å². The second-order valence-corrected chi connectivity index (χ2v) is 2.05. The van der Waals surface area contributed by atoms with Gasteiger partial charge in [-0.25, -0.2) is 0 Å². The number of nitrogens with two attached hydrogens (primary N) is 1. The van der Waals surface area contributed by atoms with E-state index >= 15 is 0 Å². The van der Waals surface area contributed by atoms with Crippen LogP contribution in [0.2, 0.25) is 0 Å². The van der Waals surface area contributed by atoms with Crippen LogP contribution in [0.25, 0.3) is 0 Å². The zero-order chi connectivity index (χ0) is 7.82. The van der Waals surface area contributed by atoms with Crippen molar-refractivity contribution in [1.29, 1.82) is 0 Å². The van der Waals surface area contributed by atoms with Crippen LogP contribution in [0.3, 0.4) is 0 Å². The van der Waals surface area contributed by atoms with Crippen molar-refractivity contribution in [1.82, 2.24) is 0 Å². The zero-order valence-corrected chi connectivity index (χ0v) is 5.99. The smallest absolute Gasteiger partial charge is 0.402 e. The van der Waals surface area contributed by atoms with Gasteiger partial charge in [0.1, 0.15) is 0 Å². The van der Waals surface area contributed by atoms with Crippen molar-refractivity contribution >= 4 is 7.32 Å². The van der Waals surface area contributed by atoms with Gasteiger partial charge in [-0.1, -0.05) is 0 Å². The minimum absolute atomic E-state index is 0.387. The third-order valence-corrected chi connectivity index (χ3v) is 1.12. The highest BCUT2D eigenvalue weighted by Crippen LogP contribution is 1.93. The summed E-state index contributed by atoms with van der Waals surface area (Å²) in [6.07, 6.45) is 2.77. The highest BCUT2D eigenvalue weighted by atomic mass is 16.6. The monoisotopic (exact) mass is 147 g/mol. The van der Waals surface area contributed by atoms with E-state index in [-0.39, 0.29) is 0 Å². The number of unbranched alkanes of at least 4 members (excludes halogenated alkanes) is 2. The Hall–Kier alpha value is -0.0951. The first-order chi connectivity index (χ1) is 4.77. The molecule has 0 fully saturated rings. The molecule has 0 aromatic rings. The minimum Gasteiger partial charge on any atom is -0.402 e. The summed E-state index contributed by atoms with van der Waals surface area (Å²) in [5.74, 6) is 0. The van der Waals surface area contributed by atoms with E-state index < -0.39 is 7.32 Å². The summed E-state index contributed by atoms with van der Waals surface area (Å²) in [5.41, 5.74) is 5.23. The maximum Gasteiger partial charge on any atom is 0.633 e. The standard InChI is InChI=1S/C5H14BNO3/c7-4-2-1-3-5-10-6(8)9/h8-9H,1-5,7H2. The van der Waals surface area contributed by atoms with E-state index in [1.54, 1.807) is 0 Å². The second kappa shape index (κ2) is 7.02.